The van der Waals surface area contributed by atoms with Crippen molar-refractivity contribution in [3.05, 3.63) is 0 Å². The molecule has 1 atom stereocenters. The molecule has 2 rings (SSSR count). The van der Waals surface area contributed by atoms with E-state index in [2.05, 4.69) is 18.7 Å². The molecule has 0 aliphatic carbocycles. The minimum atomic E-state index is -0.0744. The smallest absolute Gasteiger partial charge is 0.228 e. The Labute approximate surface area is 73.9 Å². The van der Waals surface area contributed by atoms with E-state index in [4.69, 9.17) is 0 Å². The molecule has 0 saturated carbocycles. The Hall–Kier alpha value is -0.530. The summed E-state index contributed by atoms with van der Waals surface area (Å²) in [6.07, 6.45) is 4.82. The van der Waals surface area contributed by atoms with E-state index < -0.39 is 0 Å². The van der Waals surface area contributed by atoms with Crippen LogP contribution in [0, 0.1) is 5.41 Å². The molecule has 0 N–H and O–H groups in total. The Morgan fingerprint density at radius 3 is 2.83 bits per heavy atom. The summed E-state index contributed by atoms with van der Waals surface area (Å²) in [4.78, 5) is 13.9. The third kappa shape index (κ3) is 1.05. The lowest BCUT2D eigenvalue weighted by molar-refractivity contribution is -0.136. The molecule has 2 aliphatic rings. The van der Waals surface area contributed by atoms with Gasteiger partial charge in [0.05, 0.1) is 0 Å². The minimum absolute atomic E-state index is 0.0744. The van der Waals surface area contributed by atoms with Crippen LogP contribution in [0.4, 0.5) is 0 Å². The molecule has 2 saturated heterocycles. The molecule has 0 radical (unpaired) electrons. The molecule has 0 aromatic rings. The lowest BCUT2D eigenvalue weighted by Gasteiger charge is -2.29. The van der Waals surface area contributed by atoms with Crippen molar-refractivity contribution < 1.29 is 4.79 Å². The third-order valence-electron chi connectivity index (χ3n) is 3.21. The van der Waals surface area contributed by atoms with Crippen molar-refractivity contribution in [2.75, 3.05) is 6.54 Å². The predicted octanol–water partition coefficient (Wildman–Crippen LogP) is 1.80. The van der Waals surface area contributed by atoms with Crippen LogP contribution in [0.15, 0.2) is 0 Å². The van der Waals surface area contributed by atoms with Gasteiger partial charge in [-0.05, 0) is 25.7 Å². The molecule has 2 aliphatic heterocycles. The Morgan fingerprint density at radius 2 is 2.17 bits per heavy atom. The molecule has 0 aromatic heterocycles. The number of carbonyl (C=O) groups is 1. The van der Waals surface area contributed by atoms with E-state index in [1.165, 1.54) is 19.3 Å². The zero-order chi connectivity index (χ0) is 8.77. The van der Waals surface area contributed by atoms with Crippen LogP contribution in [-0.2, 0) is 4.79 Å². The predicted molar refractivity (Wildman–Crippen MR) is 47.8 cm³/mol. The van der Waals surface area contributed by atoms with E-state index >= 15 is 0 Å². The monoisotopic (exact) mass is 167 g/mol. The minimum Gasteiger partial charge on any atom is -0.339 e. The molecule has 2 fully saturated rings. The number of rotatable bonds is 0. The van der Waals surface area contributed by atoms with Gasteiger partial charge in [0.25, 0.3) is 0 Å². The largest absolute Gasteiger partial charge is 0.339 e. The number of piperidine rings is 1. The fourth-order valence-electron chi connectivity index (χ4n) is 2.55. The number of hydrogen-bond acceptors (Lipinski definition) is 1. The van der Waals surface area contributed by atoms with Crippen LogP contribution in [0.1, 0.15) is 39.5 Å². The van der Waals surface area contributed by atoms with Crippen molar-refractivity contribution in [2.24, 2.45) is 5.41 Å². The highest BCUT2D eigenvalue weighted by Crippen LogP contribution is 2.39. The topological polar surface area (TPSA) is 20.3 Å². The summed E-state index contributed by atoms with van der Waals surface area (Å²) in [6.45, 7) is 5.16. The molecule has 0 bridgehead atoms. The van der Waals surface area contributed by atoms with Crippen molar-refractivity contribution in [3.63, 3.8) is 0 Å². The third-order valence-corrected chi connectivity index (χ3v) is 3.21. The lowest BCUT2D eigenvalue weighted by atomic mass is 9.89. The first kappa shape index (κ1) is 8.09. The van der Waals surface area contributed by atoms with E-state index in [9.17, 15) is 4.79 Å². The fraction of sp³-hybridized carbons (Fsp3) is 0.900. The van der Waals surface area contributed by atoms with Gasteiger partial charge in [-0.25, -0.2) is 0 Å². The van der Waals surface area contributed by atoms with Gasteiger partial charge in [0.2, 0.25) is 5.91 Å². The van der Waals surface area contributed by atoms with Gasteiger partial charge in [0.15, 0.2) is 0 Å². The Bertz CT molecular complexity index is 210. The van der Waals surface area contributed by atoms with E-state index in [-0.39, 0.29) is 5.41 Å². The van der Waals surface area contributed by atoms with Gasteiger partial charge in [-0.1, -0.05) is 13.8 Å². The van der Waals surface area contributed by atoms with Gasteiger partial charge in [-0.2, -0.15) is 0 Å². The molecule has 0 aromatic carbocycles. The first-order valence-electron chi connectivity index (χ1n) is 4.92. The molecule has 0 spiro atoms. The van der Waals surface area contributed by atoms with Crippen LogP contribution in [0.3, 0.4) is 0 Å². The SMILES string of the molecule is CC1(C)CC2CCCCN2C1=O. The molecular formula is C10H17NO. The van der Waals surface area contributed by atoms with Crippen LogP contribution >= 0.6 is 0 Å². The van der Waals surface area contributed by atoms with Gasteiger partial charge >= 0.3 is 0 Å². The second-order valence-electron chi connectivity index (χ2n) is 4.74. The highest BCUT2D eigenvalue weighted by Gasteiger charge is 2.45. The van der Waals surface area contributed by atoms with Crippen molar-refractivity contribution >= 4 is 5.91 Å². The van der Waals surface area contributed by atoms with Crippen molar-refractivity contribution in [3.8, 4) is 0 Å². The van der Waals surface area contributed by atoms with Crippen LogP contribution in [0.25, 0.3) is 0 Å². The van der Waals surface area contributed by atoms with E-state index in [0.717, 1.165) is 13.0 Å². The standard InChI is InChI=1S/C10H17NO/c1-10(2)7-8-5-3-4-6-11(8)9(10)12/h8H,3-7H2,1-2H3. The van der Waals surface area contributed by atoms with Crippen LogP contribution in [0.2, 0.25) is 0 Å². The molecule has 2 heterocycles. The van der Waals surface area contributed by atoms with E-state index in [1.807, 2.05) is 0 Å². The first-order chi connectivity index (χ1) is 5.61. The summed E-state index contributed by atoms with van der Waals surface area (Å²) in [7, 11) is 0. The maximum absolute atomic E-state index is 11.8. The number of carbonyl (C=O) groups excluding carboxylic acids is 1. The van der Waals surface area contributed by atoms with Crippen molar-refractivity contribution in [2.45, 2.75) is 45.6 Å². The van der Waals surface area contributed by atoms with Gasteiger partial charge in [0.1, 0.15) is 0 Å². The summed E-state index contributed by atoms with van der Waals surface area (Å²) in [5.41, 5.74) is -0.0744. The Kier molecular flexibility index (Phi) is 1.67. The summed E-state index contributed by atoms with van der Waals surface area (Å²) in [5.74, 6) is 0.382. The maximum atomic E-state index is 11.8. The van der Waals surface area contributed by atoms with Gasteiger partial charge < -0.3 is 4.90 Å². The number of fused-ring (bicyclic) bond motifs is 1. The molecule has 2 nitrogen and oxygen atoms in total. The maximum Gasteiger partial charge on any atom is 0.228 e. The number of hydrogen-bond donors (Lipinski definition) is 0. The number of amides is 1. The zero-order valence-electron chi connectivity index (χ0n) is 7.97. The zero-order valence-corrected chi connectivity index (χ0v) is 7.97. The average molecular weight is 167 g/mol. The highest BCUT2D eigenvalue weighted by atomic mass is 16.2. The van der Waals surface area contributed by atoms with E-state index in [1.54, 1.807) is 0 Å². The summed E-state index contributed by atoms with van der Waals surface area (Å²) in [5, 5.41) is 0. The molecular weight excluding hydrogens is 150 g/mol. The summed E-state index contributed by atoms with van der Waals surface area (Å²) < 4.78 is 0. The lowest BCUT2D eigenvalue weighted by Crippen LogP contribution is -2.38. The molecule has 2 heteroatoms. The van der Waals surface area contributed by atoms with Crippen LogP contribution in [0.5, 0.6) is 0 Å². The van der Waals surface area contributed by atoms with Crippen molar-refractivity contribution in [1.82, 2.24) is 4.90 Å². The number of nitrogens with zero attached hydrogens (tertiary/aromatic N) is 1. The average Bonchev–Trinajstić information content (AvgIpc) is 2.24. The fourth-order valence-corrected chi connectivity index (χ4v) is 2.55. The molecule has 1 unspecified atom stereocenters. The second-order valence-corrected chi connectivity index (χ2v) is 4.74. The van der Waals surface area contributed by atoms with Gasteiger partial charge in [-0.15, -0.1) is 0 Å². The first-order valence-corrected chi connectivity index (χ1v) is 4.92. The summed E-state index contributed by atoms with van der Waals surface area (Å²) >= 11 is 0. The molecule has 1 amide bonds. The van der Waals surface area contributed by atoms with Crippen LogP contribution in [-0.4, -0.2) is 23.4 Å². The molecule has 12 heavy (non-hydrogen) atoms. The summed E-state index contributed by atoms with van der Waals surface area (Å²) in [6, 6.07) is 0.571. The van der Waals surface area contributed by atoms with E-state index in [0.29, 0.717) is 11.9 Å². The Balaban J connectivity index is 2.19. The Morgan fingerprint density at radius 1 is 1.42 bits per heavy atom. The van der Waals surface area contributed by atoms with Crippen LogP contribution < -0.4 is 0 Å². The van der Waals surface area contributed by atoms with Gasteiger partial charge in [0, 0.05) is 18.0 Å². The van der Waals surface area contributed by atoms with Gasteiger partial charge in [-0.3, -0.25) is 4.79 Å². The highest BCUT2D eigenvalue weighted by molar-refractivity contribution is 5.84. The van der Waals surface area contributed by atoms with Crippen molar-refractivity contribution in [1.29, 1.82) is 0 Å². The molecule has 68 valence electrons. The quantitative estimate of drug-likeness (QED) is 0.538. The second kappa shape index (κ2) is 2.48. The normalized spacial score (nSPS) is 33.7.